The Morgan fingerprint density at radius 3 is 2.86 bits per heavy atom. The zero-order valence-electron chi connectivity index (χ0n) is 7.49. The molecule has 2 aromatic rings. The fourth-order valence-electron chi connectivity index (χ4n) is 1.16. The lowest BCUT2D eigenvalue weighted by Crippen LogP contribution is -1.92. The van der Waals surface area contributed by atoms with Crippen LogP contribution in [0.1, 0.15) is 5.56 Å². The summed E-state index contributed by atoms with van der Waals surface area (Å²) >= 11 is 11.1. The van der Waals surface area contributed by atoms with Gasteiger partial charge in [0, 0.05) is 5.02 Å². The van der Waals surface area contributed by atoms with E-state index in [4.69, 9.17) is 23.8 Å². The third-order valence-electron chi connectivity index (χ3n) is 1.99. The molecule has 1 aromatic heterocycles. The first-order valence-corrected chi connectivity index (χ1v) is 4.85. The predicted molar refractivity (Wildman–Crippen MR) is 58.5 cm³/mol. The smallest absolute Gasteiger partial charge is 0.199 e. The van der Waals surface area contributed by atoms with Crippen LogP contribution >= 0.6 is 23.8 Å². The summed E-state index contributed by atoms with van der Waals surface area (Å²) in [5.74, 6) is 0. The molecule has 0 saturated heterocycles. The number of nitrogens with zero attached hydrogens (tertiary/aromatic N) is 2. The van der Waals surface area contributed by atoms with Gasteiger partial charge in [0.05, 0.1) is 5.69 Å². The third kappa shape index (κ3) is 1.58. The van der Waals surface area contributed by atoms with Crippen molar-refractivity contribution in [3.8, 4) is 5.69 Å². The van der Waals surface area contributed by atoms with Crippen molar-refractivity contribution in [2.45, 2.75) is 6.92 Å². The molecule has 0 aliphatic rings. The van der Waals surface area contributed by atoms with Gasteiger partial charge in [0.2, 0.25) is 0 Å². The number of nitrogens with one attached hydrogen (secondary N) is 1. The summed E-state index contributed by atoms with van der Waals surface area (Å²) in [5.41, 5.74) is 1.96. The first-order chi connectivity index (χ1) is 6.68. The van der Waals surface area contributed by atoms with E-state index in [0.717, 1.165) is 16.3 Å². The number of hydrogen-bond donors (Lipinski definition) is 1. The molecule has 1 N–H and O–H groups in total. The highest BCUT2D eigenvalue weighted by Gasteiger charge is 2.00. The number of halogens is 1. The summed E-state index contributed by atoms with van der Waals surface area (Å²) in [6.07, 6.45) is 1.63. The molecule has 0 aliphatic heterocycles. The van der Waals surface area contributed by atoms with E-state index in [2.05, 4.69) is 10.2 Å². The molecule has 72 valence electrons. The molecule has 0 radical (unpaired) electrons. The van der Waals surface area contributed by atoms with Crippen molar-refractivity contribution >= 4 is 23.8 Å². The lowest BCUT2D eigenvalue weighted by Gasteiger charge is -2.03. The van der Waals surface area contributed by atoms with E-state index in [9.17, 15) is 0 Å². The minimum Gasteiger partial charge on any atom is -0.275 e. The minimum absolute atomic E-state index is 0.560. The molecule has 0 amide bonds. The molecule has 0 bridgehead atoms. The Kier molecular flexibility index (Phi) is 2.39. The van der Waals surface area contributed by atoms with Crippen LogP contribution in [0.15, 0.2) is 24.5 Å². The van der Waals surface area contributed by atoms with Crippen molar-refractivity contribution in [1.82, 2.24) is 14.8 Å². The molecular formula is C9H8ClN3S. The van der Waals surface area contributed by atoms with Crippen LogP contribution in [0, 0.1) is 11.7 Å². The van der Waals surface area contributed by atoms with E-state index in [1.807, 2.05) is 25.1 Å². The average molecular weight is 226 g/mol. The monoisotopic (exact) mass is 225 g/mol. The number of benzene rings is 1. The zero-order valence-corrected chi connectivity index (χ0v) is 9.06. The summed E-state index contributed by atoms with van der Waals surface area (Å²) in [6.45, 7) is 1.96. The number of hydrogen-bond acceptors (Lipinski definition) is 2. The van der Waals surface area contributed by atoms with Gasteiger partial charge in [-0.3, -0.25) is 9.67 Å². The second kappa shape index (κ2) is 3.55. The largest absolute Gasteiger partial charge is 0.275 e. The van der Waals surface area contributed by atoms with Gasteiger partial charge in [0.1, 0.15) is 6.33 Å². The molecule has 0 fully saturated rings. The lowest BCUT2D eigenvalue weighted by molar-refractivity contribution is 1.03. The number of aromatic amines is 1. The van der Waals surface area contributed by atoms with Crippen LogP contribution in [0.25, 0.3) is 5.69 Å². The number of H-pyrrole nitrogens is 1. The summed E-state index contributed by atoms with van der Waals surface area (Å²) in [6, 6.07) is 5.77. The number of aromatic nitrogens is 3. The SMILES string of the molecule is Cc1ccc(-n2cn[nH]c2=S)cc1Cl. The molecule has 0 aliphatic carbocycles. The maximum Gasteiger partial charge on any atom is 0.199 e. The molecule has 1 heterocycles. The first kappa shape index (κ1) is 9.43. The topological polar surface area (TPSA) is 33.6 Å². The Morgan fingerprint density at radius 1 is 1.50 bits per heavy atom. The quantitative estimate of drug-likeness (QED) is 0.758. The fraction of sp³-hybridized carbons (Fsp3) is 0.111. The average Bonchev–Trinajstić information content (AvgIpc) is 2.57. The van der Waals surface area contributed by atoms with Crippen molar-refractivity contribution in [3.63, 3.8) is 0 Å². The highest BCUT2D eigenvalue weighted by atomic mass is 35.5. The van der Waals surface area contributed by atoms with E-state index in [0.29, 0.717) is 4.77 Å². The minimum atomic E-state index is 0.560. The van der Waals surface area contributed by atoms with Crippen molar-refractivity contribution in [2.75, 3.05) is 0 Å². The Labute approximate surface area is 91.3 Å². The molecule has 2 rings (SSSR count). The van der Waals surface area contributed by atoms with Gasteiger partial charge in [0.15, 0.2) is 4.77 Å². The van der Waals surface area contributed by atoms with Crippen LogP contribution in [0.4, 0.5) is 0 Å². The second-order valence-electron chi connectivity index (χ2n) is 2.97. The van der Waals surface area contributed by atoms with Crippen LogP contribution < -0.4 is 0 Å². The Balaban J connectivity index is 2.59. The summed E-state index contributed by atoms with van der Waals surface area (Å²) in [4.78, 5) is 0. The zero-order chi connectivity index (χ0) is 10.1. The van der Waals surface area contributed by atoms with Gasteiger partial charge >= 0.3 is 0 Å². The molecule has 0 atom stereocenters. The maximum atomic E-state index is 6.01. The number of rotatable bonds is 1. The van der Waals surface area contributed by atoms with Gasteiger partial charge in [-0.15, -0.1) is 0 Å². The van der Waals surface area contributed by atoms with Gasteiger partial charge in [-0.05, 0) is 36.8 Å². The van der Waals surface area contributed by atoms with Crippen LogP contribution in [0.5, 0.6) is 0 Å². The standard InChI is InChI=1S/C9H8ClN3S/c1-6-2-3-7(4-8(6)10)13-5-11-12-9(13)14/h2-5H,1H3,(H,12,14). The maximum absolute atomic E-state index is 6.01. The molecule has 14 heavy (non-hydrogen) atoms. The van der Waals surface area contributed by atoms with E-state index >= 15 is 0 Å². The molecule has 0 saturated carbocycles. The molecule has 5 heteroatoms. The van der Waals surface area contributed by atoms with E-state index in [1.54, 1.807) is 10.9 Å². The predicted octanol–water partition coefficient (Wildman–Crippen LogP) is 2.89. The lowest BCUT2D eigenvalue weighted by atomic mass is 10.2. The van der Waals surface area contributed by atoms with Gasteiger partial charge in [-0.2, -0.15) is 5.10 Å². The molecule has 1 aromatic carbocycles. The molecule has 0 unspecified atom stereocenters. The van der Waals surface area contributed by atoms with Crippen molar-refractivity contribution < 1.29 is 0 Å². The van der Waals surface area contributed by atoms with Crippen LogP contribution in [-0.2, 0) is 0 Å². The van der Waals surface area contributed by atoms with Crippen LogP contribution in [-0.4, -0.2) is 14.8 Å². The molecule has 0 spiro atoms. The number of aryl methyl sites for hydroxylation is 1. The van der Waals surface area contributed by atoms with Gasteiger partial charge < -0.3 is 0 Å². The van der Waals surface area contributed by atoms with Gasteiger partial charge in [-0.25, -0.2) is 0 Å². The van der Waals surface area contributed by atoms with E-state index < -0.39 is 0 Å². The van der Waals surface area contributed by atoms with E-state index in [-0.39, 0.29) is 0 Å². The highest BCUT2D eigenvalue weighted by molar-refractivity contribution is 7.71. The summed E-state index contributed by atoms with van der Waals surface area (Å²) in [7, 11) is 0. The van der Waals surface area contributed by atoms with Gasteiger partial charge in [0.25, 0.3) is 0 Å². The van der Waals surface area contributed by atoms with Crippen molar-refractivity contribution in [2.24, 2.45) is 0 Å². The van der Waals surface area contributed by atoms with Crippen molar-refractivity contribution in [3.05, 3.63) is 39.9 Å². The Morgan fingerprint density at radius 2 is 2.29 bits per heavy atom. The Hall–Kier alpha value is -1.13. The van der Waals surface area contributed by atoms with Crippen LogP contribution in [0.2, 0.25) is 5.02 Å². The third-order valence-corrected chi connectivity index (χ3v) is 2.68. The molecular weight excluding hydrogens is 218 g/mol. The second-order valence-corrected chi connectivity index (χ2v) is 3.76. The summed E-state index contributed by atoms with van der Waals surface area (Å²) < 4.78 is 2.32. The van der Waals surface area contributed by atoms with E-state index in [1.165, 1.54) is 0 Å². The van der Waals surface area contributed by atoms with Gasteiger partial charge in [-0.1, -0.05) is 17.7 Å². The highest BCUT2D eigenvalue weighted by Crippen LogP contribution is 2.19. The molecule has 3 nitrogen and oxygen atoms in total. The fourth-order valence-corrected chi connectivity index (χ4v) is 1.54. The van der Waals surface area contributed by atoms with Crippen LogP contribution in [0.3, 0.4) is 0 Å². The normalized spacial score (nSPS) is 10.4. The van der Waals surface area contributed by atoms with Crippen molar-refractivity contribution in [1.29, 1.82) is 0 Å². The summed E-state index contributed by atoms with van der Waals surface area (Å²) in [5, 5.41) is 7.25. The first-order valence-electron chi connectivity index (χ1n) is 4.07. The Bertz CT molecular complexity index is 515.